The van der Waals surface area contributed by atoms with E-state index in [9.17, 15) is 9.59 Å². The first-order valence-corrected chi connectivity index (χ1v) is 9.38. The average Bonchev–Trinajstić information content (AvgIpc) is 3.57. The van der Waals surface area contributed by atoms with Gasteiger partial charge in [0.1, 0.15) is 5.69 Å². The van der Waals surface area contributed by atoms with Crippen LogP contribution in [-0.4, -0.2) is 22.8 Å². The van der Waals surface area contributed by atoms with Crippen LogP contribution in [0, 0.1) is 0 Å². The van der Waals surface area contributed by atoms with E-state index in [0.29, 0.717) is 12.1 Å². The minimum atomic E-state index is -0.230. The van der Waals surface area contributed by atoms with Crippen molar-refractivity contribution in [1.82, 2.24) is 10.3 Å². The van der Waals surface area contributed by atoms with Crippen molar-refractivity contribution in [3.8, 4) is 0 Å². The lowest BCUT2D eigenvalue weighted by molar-refractivity contribution is 0.0946. The Labute approximate surface area is 164 Å². The van der Waals surface area contributed by atoms with E-state index >= 15 is 0 Å². The maximum Gasteiger partial charge on any atom is 0.270 e. The number of rotatable bonds is 6. The van der Waals surface area contributed by atoms with Gasteiger partial charge in [-0.05, 0) is 42.7 Å². The van der Waals surface area contributed by atoms with Crippen molar-refractivity contribution >= 4 is 17.5 Å². The topological polar surface area (TPSA) is 62.3 Å². The fourth-order valence-corrected chi connectivity index (χ4v) is 2.98. The van der Waals surface area contributed by atoms with Crippen LogP contribution in [0.15, 0.2) is 79.0 Å². The van der Waals surface area contributed by atoms with Crippen molar-refractivity contribution < 1.29 is 9.59 Å². The zero-order valence-corrected chi connectivity index (χ0v) is 15.4. The van der Waals surface area contributed by atoms with Crippen molar-refractivity contribution in [2.24, 2.45) is 0 Å². The molecule has 5 nitrogen and oxygen atoms in total. The Balaban J connectivity index is 1.62. The highest BCUT2D eigenvalue weighted by atomic mass is 16.2. The Bertz CT molecular complexity index is 969. The third-order valence-electron chi connectivity index (χ3n) is 4.65. The Kier molecular flexibility index (Phi) is 5.15. The average molecular weight is 371 g/mol. The molecule has 1 heterocycles. The normalized spacial score (nSPS) is 13.0. The summed E-state index contributed by atoms with van der Waals surface area (Å²) in [5, 5.41) is 2.91. The molecule has 0 radical (unpaired) electrons. The van der Waals surface area contributed by atoms with Gasteiger partial charge in [-0.3, -0.25) is 14.6 Å². The van der Waals surface area contributed by atoms with Crippen LogP contribution in [0.25, 0.3) is 0 Å². The molecule has 0 atom stereocenters. The first-order chi connectivity index (χ1) is 13.7. The number of nitrogens with zero attached hydrogens (tertiary/aromatic N) is 2. The number of amides is 2. The maximum atomic E-state index is 13.3. The molecule has 140 valence electrons. The summed E-state index contributed by atoms with van der Waals surface area (Å²) in [4.78, 5) is 31.5. The van der Waals surface area contributed by atoms with Crippen LogP contribution in [0.1, 0.15) is 39.3 Å². The first-order valence-electron chi connectivity index (χ1n) is 9.38. The molecule has 1 N–H and O–H groups in total. The van der Waals surface area contributed by atoms with Crippen molar-refractivity contribution in [3.05, 3.63) is 95.8 Å². The highest BCUT2D eigenvalue weighted by Crippen LogP contribution is 2.21. The van der Waals surface area contributed by atoms with Crippen LogP contribution in [-0.2, 0) is 6.54 Å². The highest BCUT2D eigenvalue weighted by Gasteiger charge is 2.25. The number of hydrogen-bond acceptors (Lipinski definition) is 3. The number of carbonyl (C=O) groups excluding carboxylic acids is 2. The molecule has 0 unspecified atom stereocenters. The molecule has 2 amide bonds. The molecule has 5 heteroatoms. The van der Waals surface area contributed by atoms with Crippen molar-refractivity contribution in [2.45, 2.75) is 25.4 Å². The molecule has 1 aromatic heterocycles. The summed E-state index contributed by atoms with van der Waals surface area (Å²) in [5.74, 6) is -0.399. The van der Waals surface area contributed by atoms with E-state index in [0.717, 1.165) is 24.1 Å². The van der Waals surface area contributed by atoms with Crippen LogP contribution < -0.4 is 10.2 Å². The molecule has 1 fully saturated rings. The highest BCUT2D eigenvalue weighted by molar-refractivity contribution is 6.07. The van der Waals surface area contributed by atoms with Crippen LogP contribution in [0.4, 0.5) is 5.69 Å². The third kappa shape index (κ3) is 4.26. The summed E-state index contributed by atoms with van der Waals surface area (Å²) in [6, 6.07) is 22.8. The van der Waals surface area contributed by atoms with Crippen LogP contribution in [0.3, 0.4) is 0 Å². The number of nitrogens with one attached hydrogen (secondary N) is 1. The molecule has 4 rings (SSSR count). The fraction of sp³-hybridized carbons (Fsp3) is 0.174. The van der Waals surface area contributed by atoms with E-state index in [2.05, 4.69) is 10.3 Å². The lowest BCUT2D eigenvalue weighted by Crippen LogP contribution is -2.31. The van der Waals surface area contributed by atoms with Crippen LogP contribution >= 0.6 is 0 Å². The van der Waals surface area contributed by atoms with E-state index in [1.165, 1.54) is 6.20 Å². The number of para-hydroxylation sites is 1. The summed E-state index contributed by atoms with van der Waals surface area (Å²) in [7, 11) is 0. The van der Waals surface area contributed by atoms with Crippen molar-refractivity contribution in [2.75, 3.05) is 4.90 Å². The second-order valence-electron chi connectivity index (χ2n) is 6.89. The summed E-state index contributed by atoms with van der Waals surface area (Å²) in [5.41, 5.74) is 2.54. The molecular formula is C23H21N3O2. The molecule has 0 aliphatic heterocycles. The van der Waals surface area contributed by atoms with E-state index in [1.54, 1.807) is 17.0 Å². The Morgan fingerprint density at radius 1 is 0.964 bits per heavy atom. The molecule has 1 aliphatic rings. The maximum absolute atomic E-state index is 13.3. The molecule has 0 saturated heterocycles. The number of hydrogen-bond donors (Lipinski definition) is 1. The van der Waals surface area contributed by atoms with Gasteiger partial charge in [0.25, 0.3) is 11.8 Å². The first kappa shape index (κ1) is 17.9. The molecule has 2 aromatic carbocycles. The number of benzene rings is 2. The van der Waals surface area contributed by atoms with Gasteiger partial charge in [0.05, 0.1) is 6.54 Å². The third-order valence-corrected chi connectivity index (χ3v) is 4.65. The molecule has 1 saturated carbocycles. The summed E-state index contributed by atoms with van der Waals surface area (Å²) in [6.45, 7) is 0.440. The zero-order valence-electron chi connectivity index (χ0n) is 15.4. The standard InChI is InChI=1S/C23H21N3O2/c27-22(25-19-11-12-19)21-15-18(13-14-24-21)23(28)26(20-9-5-2-6-10-20)16-17-7-3-1-4-8-17/h1-10,13-15,19H,11-12,16H2,(H,25,27). The lowest BCUT2D eigenvalue weighted by atomic mass is 10.1. The molecule has 3 aromatic rings. The monoisotopic (exact) mass is 371 g/mol. The van der Waals surface area contributed by atoms with Crippen molar-refractivity contribution in [1.29, 1.82) is 0 Å². The summed E-state index contributed by atoms with van der Waals surface area (Å²) >= 11 is 0. The van der Waals surface area contributed by atoms with E-state index < -0.39 is 0 Å². The predicted octanol–water partition coefficient (Wildman–Crippen LogP) is 3.82. The van der Waals surface area contributed by atoms with Gasteiger partial charge in [-0.1, -0.05) is 48.5 Å². The smallest absolute Gasteiger partial charge is 0.270 e. The van der Waals surface area contributed by atoms with Crippen molar-refractivity contribution in [3.63, 3.8) is 0 Å². The summed E-state index contributed by atoms with van der Waals surface area (Å²) < 4.78 is 0. The van der Waals surface area contributed by atoms with E-state index in [1.807, 2.05) is 60.7 Å². The fourth-order valence-electron chi connectivity index (χ4n) is 2.98. The van der Waals surface area contributed by atoms with E-state index in [-0.39, 0.29) is 23.6 Å². The van der Waals surface area contributed by atoms with Gasteiger partial charge >= 0.3 is 0 Å². The van der Waals surface area contributed by atoms with Crippen LogP contribution in [0.5, 0.6) is 0 Å². The number of pyridine rings is 1. The Hall–Kier alpha value is -3.47. The molecule has 0 bridgehead atoms. The quantitative estimate of drug-likeness (QED) is 0.716. The second-order valence-corrected chi connectivity index (χ2v) is 6.89. The van der Waals surface area contributed by atoms with Gasteiger partial charge in [0.2, 0.25) is 0 Å². The Morgan fingerprint density at radius 3 is 2.32 bits per heavy atom. The SMILES string of the molecule is O=C(NC1CC1)c1cc(C(=O)N(Cc2ccccc2)c2ccccc2)ccn1. The molecule has 28 heavy (non-hydrogen) atoms. The van der Waals surface area contributed by atoms with Gasteiger partial charge < -0.3 is 10.2 Å². The van der Waals surface area contributed by atoms with Gasteiger partial charge in [-0.2, -0.15) is 0 Å². The minimum Gasteiger partial charge on any atom is -0.348 e. The lowest BCUT2D eigenvalue weighted by Gasteiger charge is -2.23. The van der Waals surface area contributed by atoms with Crippen LogP contribution in [0.2, 0.25) is 0 Å². The second kappa shape index (κ2) is 8.05. The minimum absolute atomic E-state index is 0.169. The number of aromatic nitrogens is 1. The Morgan fingerprint density at radius 2 is 1.64 bits per heavy atom. The number of anilines is 1. The van der Waals surface area contributed by atoms with Gasteiger partial charge in [0, 0.05) is 23.5 Å². The van der Waals surface area contributed by atoms with Gasteiger partial charge in [0.15, 0.2) is 0 Å². The zero-order chi connectivity index (χ0) is 19.3. The molecular weight excluding hydrogens is 350 g/mol. The van der Waals surface area contributed by atoms with Gasteiger partial charge in [-0.15, -0.1) is 0 Å². The number of carbonyl (C=O) groups is 2. The largest absolute Gasteiger partial charge is 0.348 e. The molecule has 0 spiro atoms. The predicted molar refractivity (Wildman–Crippen MR) is 108 cm³/mol. The van der Waals surface area contributed by atoms with E-state index in [4.69, 9.17) is 0 Å². The summed E-state index contributed by atoms with van der Waals surface area (Å²) in [6.07, 6.45) is 3.52. The molecule has 1 aliphatic carbocycles. The van der Waals surface area contributed by atoms with Gasteiger partial charge in [-0.25, -0.2) is 0 Å².